The highest BCUT2D eigenvalue weighted by molar-refractivity contribution is 5.69. The summed E-state index contributed by atoms with van der Waals surface area (Å²) in [6.45, 7) is 4.83. The van der Waals surface area contributed by atoms with Gasteiger partial charge in [0.15, 0.2) is 0 Å². The van der Waals surface area contributed by atoms with Crippen molar-refractivity contribution in [1.29, 1.82) is 0 Å². The molecule has 8 nitrogen and oxygen atoms in total. The van der Waals surface area contributed by atoms with Gasteiger partial charge in [-0.05, 0) is 58.1 Å². The Bertz CT molecular complexity index is 875. The van der Waals surface area contributed by atoms with Crippen LogP contribution in [0.2, 0.25) is 0 Å². The Morgan fingerprint density at radius 2 is 2.00 bits per heavy atom. The Kier molecular flexibility index (Phi) is 5.69. The molecule has 0 spiro atoms. The molecule has 0 aromatic carbocycles. The van der Waals surface area contributed by atoms with E-state index >= 15 is 0 Å². The maximum atomic E-state index is 12.2. The molecule has 8 heteroatoms. The van der Waals surface area contributed by atoms with E-state index in [0.29, 0.717) is 11.4 Å². The van der Waals surface area contributed by atoms with E-state index in [1.807, 2.05) is 26.0 Å². The third-order valence-corrected chi connectivity index (χ3v) is 5.96. The molecule has 0 radical (unpaired) electrons. The van der Waals surface area contributed by atoms with Crippen LogP contribution in [-0.4, -0.2) is 49.7 Å². The molecule has 1 saturated heterocycles. The van der Waals surface area contributed by atoms with E-state index in [-0.39, 0.29) is 24.8 Å². The fourth-order valence-electron chi connectivity index (χ4n) is 3.91. The summed E-state index contributed by atoms with van der Waals surface area (Å²) in [5.41, 5.74) is 2.88. The smallest absolute Gasteiger partial charge is 0.410 e. The SMILES string of the molecule is Cc1nc(-c2nnn(C)c2COC(=O)N2CCC2C)ccc1OC1CCCCC1. The van der Waals surface area contributed by atoms with E-state index in [2.05, 4.69) is 10.3 Å². The van der Waals surface area contributed by atoms with Gasteiger partial charge < -0.3 is 14.4 Å². The second-order valence-electron chi connectivity index (χ2n) is 8.05. The molecule has 2 aromatic rings. The predicted octanol–water partition coefficient (Wildman–Crippen LogP) is 3.63. The first-order chi connectivity index (χ1) is 14.0. The van der Waals surface area contributed by atoms with Crippen molar-refractivity contribution in [3.05, 3.63) is 23.5 Å². The van der Waals surface area contributed by atoms with Gasteiger partial charge in [0.1, 0.15) is 23.7 Å². The molecule has 1 aliphatic heterocycles. The number of rotatable bonds is 5. The van der Waals surface area contributed by atoms with Gasteiger partial charge in [-0.15, -0.1) is 5.10 Å². The van der Waals surface area contributed by atoms with Crippen molar-refractivity contribution in [3.8, 4) is 17.1 Å². The molecule has 3 heterocycles. The summed E-state index contributed by atoms with van der Waals surface area (Å²) in [4.78, 5) is 18.6. The number of hydrogen-bond acceptors (Lipinski definition) is 6. The standard InChI is InChI=1S/C21H29N5O3/c1-14-11-12-26(14)21(27)28-13-18-20(23-24-25(18)3)17-9-10-19(15(2)22-17)29-16-7-5-4-6-8-16/h9-10,14,16H,4-8,11-13H2,1-3H3. The van der Waals surface area contributed by atoms with Crippen molar-refractivity contribution in [1.82, 2.24) is 24.9 Å². The van der Waals surface area contributed by atoms with Crippen LogP contribution in [0.25, 0.3) is 11.4 Å². The zero-order valence-corrected chi connectivity index (χ0v) is 17.4. The number of hydrogen-bond donors (Lipinski definition) is 0. The quantitative estimate of drug-likeness (QED) is 0.764. The molecule has 0 N–H and O–H groups in total. The molecule has 1 aliphatic carbocycles. The molecule has 1 unspecified atom stereocenters. The Hall–Kier alpha value is -2.64. The predicted molar refractivity (Wildman–Crippen MR) is 107 cm³/mol. The summed E-state index contributed by atoms with van der Waals surface area (Å²) < 4.78 is 13.3. The lowest BCUT2D eigenvalue weighted by atomic mass is 9.98. The molecule has 2 aliphatic rings. The number of nitrogens with zero attached hydrogens (tertiary/aromatic N) is 5. The van der Waals surface area contributed by atoms with Gasteiger partial charge in [-0.3, -0.25) is 0 Å². The van der Waals surface area contributed by atoms with Crippen LogP contribution in [0.15, 0.2) is 12.1 Å². The third kappa shape index (κ3) is 4.21. The Labute approximate surface area is 171 Å². The van der Waals surface area contributed by atoms with Crippen LogP contribution in [0.1, 0.15) is 56.8 Å². The number of pyridine rings is 1. The minimum atomic E-state index is -0.295. The second-order valence-corrected chi connectivity index (χ2v) is 8.05. The highest BCUT2D eigenvalue weighted by atomic mass is 16.6. The average molecular weight is 399 g/mol. The monoisotopic (exact) mass is 399 g/mol. The first-order valence-corrected chi connectivity index (χ1v) is 10.5. The summed E-state index contributed by atoms with van der Waals surface area (Å²) in [6.07, 6.45) is 6.98. The first kappa shape index (κ1) is 19.7. The van der Waals surface area contributed by atoms with Gasteiger partial charge in [-0.2, -0.15) is 0 Å². The topological polar surface area (TPSA) is 82.4 Å². The minimum Gasteiger partial charge on any atom is -0.489 e. The van der Waals surface area contributed by atoms with E-state index in [0.717, 1.165) is 42.9 Å². The number of aromatic nitrogens is 4. The van der Waals surface area contributed by atoms with Crippen LogP contribution < -0.4 is 4.74 Å². The summed E-state index contributed by atoms with van der Waals surface area (Å²) in [7, 11) is 1.79. The fourth-order valence-corrected chi connectivity index (χ4v) is 3.91. The molecule has 1 atom stereocenters. The number of ether oxygens (including phenoxy) is 2. The van der Waals surface area contributed by atoms with Crippen molar-refractivity contribution in [2.45, 2.75) is 71.1 Å². The summed E-state index contributed by atoms with van der Waals surface area (Å²) in [6, 6.07) is 4.10. The maximum Gasteiger partial charge on any atom is 0.410 e. The van der Waals surface area contributed by atoms with Crippen LogP contribution in [0.4, 0.5) is 4.79 Å². The highest BCUT2D eigenvalue weighted by Crippen LogP contribution is 2.28. The van der Waals surface area contributed by atoms with E-state index in [1.165, 1.54) is 19.3 Å². The molecule has 156 valence electrons. The molecule has 0 bridgehead atoms. The lowest BCUT2D eigenvalue weighted by molar-refractivity contribution is 0.0484. The minimum absolute atomic E-state index is 0.113. The number of amides is 1. The van der Waals surface area contributed by atoms with Crippen LogP contribution in [0, 0.1) is 6.92 Å². The average Bonchev–Trinajstić information content (AvgIpc) is 3.08. The van der Waals surface area contributed by atoms with Crippen molar-refractivity contribution in [3.63, 3.8) is 0 Å². The van der Waals surface area contributed by atoms with Crippen LogP contribution >= 0.6 is 0 Å². The normalized spacial score (nSPS) is 19.7. The number of carbonyl (C=O) groups is 1. The summed E-state index contributed by atoms with van der Waals surface area (Å²) in [5.74, 6) is 0.823. The van der Waals surface area contributed by atoms with Crippen molar-refractivity contribution in [2.24, 2.45) is 7.05 Å². The molecule has 2 aromatic heterocycles. The molecular weight excluding hydrogens is 370 g/mol. The number of carbonyl (C=O) groups excluding carboxylic acids is 1. The number of likely N-dealkylation sites (tertiary alicyclic amines) is 1. The molecule has 1 saturated carbocycles. The molecule has 1 amide bonds. The number of aryl methyl sites for hydroxylation is 2. The molecule has 2 fully saturated rings. The molecule has 29 heavy (non-hydrogen) atoms. The van der Waals surface area contributed by atoms with Gasteiger partial charge in [-0.1, -0.05) is 11.6 Å². The van der Waals surface area contributed by atoms with Crippen LogP contribution in [0.3, 0.4) is 0 Å². The second kappa shape index (κ2) is 8.39. The Morgan fingerprint density at radius 1 is 1.21 bits per heavy atom. The van der Waals surface area contributed by atoms with Crippen LogP contribution in [-0.2, 0) is 18.4 Å². The van der Waals surface area contributed by atoms with Gasteiger partial charge in [0, 0.05) is 19.6 Å². The fraction of sp³-hybridized carbons (Fsp3) is 0.619. The van der Waals surface area contributed by atoms with Crippen molar-refractivity contribution < 1.29 is 14.3 Å². The summed E-state index contributed by atoms with van der Waals surface area (Å²) in [5, 5.41) is 8.35. The summed E-state index contributed by atoms with van der Waals surface area (Å²) >= 11 is 0. The first-order valence-electron chi connectivity index (χ1n) is 10.5. The molecular formula is C21H29N5O3. The van der Waals surface area contributed by atoms with Gasteiger partial charge in [0.05, 0.1) is 17.5 Å². The third-order valence-electron chi connectivity index (χ3n) is 5.96. The van der Waals surface area contributed by atoms with E-state index in [4.69, 9.17) is 14.5 Å². The maximum absolute atomic E-state index is 12.2. The van der Waals surface area contributed by atoms with Gasteiger partial charge in [0.2, 0.25) is 0 Å². The van der Waals surface area contributed by atoms with E-state index in [9.17, 15) is 4.79 Å². The lowest BCUT2D eigenvalue weighted by Crippen LogP contribution is -2.49. The molecule has 4 rings (SSSR count). The van der Waals surface area contributed by atoms with Gasteiger partial charge in [-0.25, -0.2) is 14.5 Å². The van der Waals surface area contributed by atoms with Crippen LogP contribution in [0.5, 0.6) is 5.75 Å². The Morgan fingerprint density at radius 3 is 2.66 bits per heavy atom. The van der Waals surface area contributed by atoms with Gasteiger partial charge >= 0.3 is 6.09 Å². The van der Waals surface area contributed by atoms with E-state index < -0.39 is 0 Å². The zero-order chi connectivity index (χ0) is 20.4. The zero-order valence-electron chi connectivity index (χ0n) is 17.4. The lowest BCUT2D eigenvalue weighted by Gasteiger charge is -2.37. The van der Waals surface area contributed by atoms with E-state index in [1.54, 1.807) is 16.6 Å². The largest absolute Gasteiger partial charge is 0.489 e. The Balaban J connectivity index is 1.46. The van der Waals surface area contributed by atoms with Crippen molar-refractivity contribution >= 4 is 6.09 Å². The van der Waals surface area contributed by atoms with Crippen molar-refractivity contribution in [2.75, 3.05) is 6.54 Å². The highest BCUT2D eigenvalue weighted by Gasteiger charge is 2.30. The van der Waals surface area contributed by atoms with Gasteiger partial charge in [0.25, 0.3) is 0 Å².